The number of anilines is 1. The van der Waals surface area contributed by atoms with Crippen molar-refractivity contribution in [2.24, 2.45) is 0 Å². The first-order valence-corrected chi connectivity index (χ1v) is 11.9. The highest BCUT2D eigenvalue weighted by Crippen LogP contribution is 2.38. The maximum absolute atomic E-state index is 12.6. The number of amides is 1. The van der Waals surface area contributed by atoms with E-state index in [9.17, 15) is 10.1 Å². The van der Waals surface area contributed by atoms with Gasteiger partial charge in [-0.3, -0.25) is 4.79 Å². The van der Waals surface area contributed by atoms with Gasteiger partial charge in [-0.1, -0.05) is 61.7 Å². The van der Waals surface area contributed by atoms with Crippen LogP contribution in [0, 0.1) is 11.3 Å². The average Bonchev–Trinajstić information content (AvgIpc) is 2.79. The summed E-state index contributed by atoms with van der Waals surface area (Å²) >= 11 is 13.3. The monoisotopic (exact) mass is 588 g/mol. The van der Waals surface area contributed by atoms with Crippen molar-refractivity contribution < 1.29 is 14.3 Å². The van der Waals surface area contributed by atoms with Gasteiger partial charge in [-0.15, -0.1) is 0 Å². The molecule has 0 spiro atoms. The number of nitrogens with one attached hydrogen (secondary N) is 1. The van der Waals surface area contributed by atoms with Crippen LogP contribution in [0.1, 0.15) is 18.1 Å². The van der Waals surface area contributed by atoms with Crippen molar-refractivity contribution in [1.29, 1.82) is 5.26 Å². The standard InChI is InChI=1S/C25H19Br2ClN2O3/c1-2-32-23-13-16(11-18(14-29)25(31)30-20-9-7-19(26)8-10-20)12-22(28)24(23)33-15-17-5-3-4-6-21(17)27/h3-13H,2,15H2,1H3,(H,30,31)/b18-11+. The summed E-state index contributed by atoms with van der Waals surface area (Å²) in [5, 5.41) is 12.5. The lowest BCUT2D eigenvalue weighted by Gasteiger charge is -2.15. The number of halogens is 3. The van der Waals surface area contributed by atoms with Crippen molar-refractivity contribution in [3.05, 3.63) is 91.3 Å². The summed E-state index contributed by atoms with van der Waals surface area (Å²) in [5.74, 6) is 0.293. The minimum absolute atomic E-state index is 0.0710. The van der Waals surface area contributed by atoms with E-state index in [1.54, 1.807) is 36.4 Å². The number of benzene rings is 3. The molecular weight excluding hydrogens is 572 g/mol. The van der Waals surface area contributed by atoms with Gasteiger partial charge in [0, 0.05) is 20.2 Å². The largest absolute Gasteiger partial charge is 0.490 e. The predicted molar refractivity (Wildman–Crippen MR) is 137 cm³/mol. The van der Waals surface area contributed by atoms with Gasteiger partial charge in [0.25, 0.3) is 5.91 Å². The zero-order valence-electron chi connectivity index (χ0n) is 17.6. The zero-order valence-corrected chi connectivity index (χ0v) is 21.5. The van der Waals surface area contributed by atoms with Crippen molar-refractivity contribution in [3.8, 4) is 17.6 Å². The van der Waals surface area contributed by atoms with Crippen LogP contribution in [0.2, 0.25) is 5.02 Å². The van der Waals surface area contributed by atoms with E-state index in [0.717, 1.165) is 14.5 Å². The number of nitrogens with zero attached hydrogens (tertiary/aromatic N) is 1. The van der Waals surface area contributed by atoms with E-state index >= 15 is 0 Å². The van der Waals surface area contributed by atoms with Crippen molar-refractivity contribution in [2.45, 2.75) is 13.5 Å². The molecule has 8 heteroatoms. The second kappa shape index (κ2) is 11.9. The summed E-state index contributed by atoms with van der Waals surface area (Å²) in [7, 11) is 0. The van der Waals surface area contributed by atoms with Crippen LogP contribution in [0.25, 0.3) is 6.08 Å². The average molecular weight is 591 g/mol. The van der Waals surface area contributed by atoms with Crippen LogP contribution < -0.4 is 14.8 Å². The molecule has 3 rings (SSSR count). The minimum Gasteiger partial charge on any atom is -0.490 e. The Morgan fingerprint density at radius 3 is 2.52 bits per heavy atom. The fourth-order valence-electron chi connectivity index (χ4n) is 2.89. The van der Waals surface area contributed by atoms with Crippen molar-refractivity contribution in [3.63, 3.8) is 0 Å². The molecule has 3 aromatic rings. The van der Waals surface area contributed by atoms with E-state index in [1.165, 1.54) is 6.08 Å². The molecule has 0 saturated heterocycles. The Labute approximate surface area is 214 Å². The highest BCUT2D eigenvalue weighted by Gasteiger charge is 2.15. The first kappa shape index (κ1) is 24.8. The van der Waals surface area contributed by atoms with Crippen LogP contribution in [0.5, 0.6) is 11.5 Å². The molecule has 5 nitrogen and oxygen atoms in total. The van der Waals surface area contributed by atoms with Gasteiger partial charge >= 0.3 is 0 Å². The highest BCUT2D eigenvalue weighted by molar-refractivity contribution is 9.10. The first-order valence-electron chi connectivity index (χ1n) is 9.92. The molecule has 1 amide bonds. The van der Waals surface area contributed by atoms with Gasteiger partial charge < -0.3 is 14.8 Å². The van der Waals surface area contributed by atoms with Crippen LogP contribution >= 0.6 is 43.5 Å². The van der Waals surface area contributed by atoms with E-state index in [-0.39, 0.29) is 12.2 Å². The SMILES string of the molecule is CCOc1cc(/C=C(\C#N)C(=O)Nc2ccc(Br)cc2)cc(Cl)c1OCc1ccccc1Br. The minimum atomic E-state index is -0.525. The maximum Gasteiger partial charge on any atom is 0.266 e. The van der Waals surface area contributed by atoms with Crippen molar-refractivity contribution >= 4 is 61.1 Å². The smallest absolute Gasteiger partial charge is 0.266 e. The molecule has 0 unspecified atom stereocenters. The molecule has 0 aliphatic rings. The normalized spacial score (nSPS) is 10.9. The lowest BCUT2D eigenvalue weighted by atomic mass is 10.1. The van der Waals surface area contributed by atoms with E-state index < -0.39 is 5.91 Å². The number of carbonyl (C=O) groups excluding carboxylic acids is 1. The lowest BCUT2D eigenvalue weighted by molar-refractivity contribution is -0.112. The van der Waals surface area contributed by atoms with Crippen molar-refractivity contribution in [2.75, 3.05) is 11.9 Å². The molecule has 1 N–H and O–H groups in total. The molecule has 0 heterocycles. The Morgan fingerprint density at radius 2 is 1.85 bits per heavy atom. The summed E-state index contributed by atoms with van der Waals surface area (Å²) in [6.07, 6.45) is 1.46. The van der Waals surface area contributed by atoms with E-state index in [1.807, 2.05) is 37.3 Å². The number of hydrogen-bond acceptors (Lipinski definition) is 4. The van der Waals surface area contributed by atoms with Gasteiger partial charge in [-0.05, 0) is 61.0 Å². The van der Waals surface area contributed by atoms with E-state index in [4.69, 9.17) is 21.1 Å². The molecule has 0 aliphatic heterocycles. The Morgan fingerprint density at radius 1 is 1.12 bits per heavy atom. The lowest BCUT2D eigenvalue weighted by Crippen LogP contribution is -2.13. The molecular formula is C25H19Br2ClN2O3. The van der Waals surface area contributed by atoms with Crippen LogP contribution in [-0.4, -0.2) is 12.5 Å². The molecule has 0 atom stereocenters. The van der Waals surface area contributed by atoms with E-state index in [2.05, 4.69) is 37.2 Å². The summed E-state index contributed by atoms with van der Waals surface area (Å²) < 4.78 is 13.5. The molecule has 0 saturated carbocycles. The Balaban J connectivity index is 1.85. The number of nitriles is 1. The van der Waals surface area contributed by atoms with Crippen molar-refractivity contribution in [1.82, 2.24) is 0 Å². The van der Waals surface area contributed by atoms with Gasteiger partial charge in [0.05, 0.1) is 11.6 Å². The summed E-state index contributed by atoms with van der Waals surface area (Å²) in [5.41, 5.74) is 2.00. The highest BCUT2D eigenvalue weighted by atomic mass is 79.9. The van der Waals surface area contributed by atoms with E-state index in [0.29, 0.717) is 34.4 Å². The maximum atomic E-state index is 12.6. The first-order chi connectivity index (χ1) is 15.9. The third kappa shape index (κ3) is 6.84. The van der Waals surface area contributed by atoms with Crippen LogP contribution in [0.15, 0.2) is 75.2 Å². The Bertz CT molecular complexity index is 1220. The Kier molecular flexibility index (Phi) is 8.95. The topological polar surface area (TPSA) is 71.3 Å². The predicted octanol–water partition coefficient (Wildman–Crippen LogP) is 7.39. The van der Waals surface area contributed by atoms with Crippen LogP contribution in [0.4, 0.5) is 5.69 Å². The fraction of sp³-hybridized carbons (Fsp3) is 0.120. The van der Waals surface area contributed by atoms with Gasteiger partial charge in [0.1, 0.15) is 18.2 Å². The quantitative estimate of drug-likeness (QED) is 0.219. The second-order valence-corrected chi connectivity index (χ2v) is 8.95. The second-order valence-electron chi connectivity index (χ2n) is 6.77. The zero-order chi connectivity index (χ0) is 23.8. The number of hydrogen-bond donors (Lipinski definition) is 1. The number of rotatable bonds is 8. The molecule has 168 valence electrons. The number of carbonyl (C=O) groups is 1. The molecule has 0 radical (unpaired) electrons. The van der Waals surface area contributed by atoms with Crippen LogP contribution in [0.3, 0.4) is 0 Å². The van der Waals surface area contributed by atoms with Gasteiger partial charge in [-0.25, -0.2) is 0 Å². The number of ether oxygens (including phenoxy) is 2. The third-order valence-electron chi connectivity index (χ3n) is 4.44. The molecule has 0 aliphatic carbocycles. The van der Waals surface area contributed by atoms with Gasteiger partial charge in [0.15, 0.2) is 11.5 Å². The van der Waals surface area contributed by atoms with Gasteiger partial charge in [0.2, 0.25) is 0 Å². The Hall–Kier alpha value is -2.79. The van der Waals surface area contributed by atoms with Gasteiger partial charge in [-0.2, -0.15) is 5.26 Å². The summed E-state index contributed by atoms with van der Waals surface area (Å²) in [4.78, 5) is 12.6. The molecule has 3 aromatic carbocycles. The van der Waals surface area contributed by atoms with Crippen LogP contribution in [-0.2, 0) is 11.4 Å². The molecule has 0 aromatic heterocycles. The summed E-state index contributed by atoms with van der Waals surface area (Å²) in [6, 6.07) is 20.0. The molecule has 0 fully saturated rings. The third-order valence-corrected chi connectivity index (χ3v) is 6.02. The molecule has 33 heavy (non-hydrogen) atoms. The molecule has 0 bridgehead atoms. The summed E-state index contributed by atoms with van der Waals surface area (Å²) in [6.45, 7) is 2.53. The fourth-order valence-corrected chi connectivity index (χ4v) is 3.82.